The number of benzene rings is 1. The molecule has 2 aromatic heterocycles. The summed E-state index contributed by atoms with van der Waals surface area (Å²) in [5.74, 6) is 2.19. The van der Waals surface area contributed by atoms with Crippen molar-refractivity contribution in [3.05, 3.63) is 54.0 Å². The number of rotatable bonds is 8. The number of pyridine rings is 1. The minimum absolute atomic E-state index is 0.269. The minimum atomic E-state index is -0.269. The molecule has 27 heavy (non-hydrogen) atoms. The van der Waals surface area contributed by atoms with Gasteiger partial charge in [0.25, 0.3) is 5.89 Å². The molecule has 1 aromatic carbocycles. The third-order valence-electron chi connectivity index (χ3n) is 3.86. The average molecular weight is 368 g/mol. The molecule has 0 aliphatic heterocycles. The fourth-order valence-electron chi connectivity index (χ4n) is 2.39. The first-order valence-electron chi connectivity index (χ1n) is 8.40. The molecule has 0 saturated carbocycles. The van der Waals surface area contributed by atoms with Crippen LogP contribution < -0.4 is 10.1 Å². The predicted molar refractivity (Wildman–Crippen MR) is 98.5 cm³/mol. The predicted octanol–water partition coefficient (Wildman–Crippen LogP) is 2.71. The Morgan fingerprint density at radius 2 is 1.96 bits per heavy atom. The first kappa shape index (κ1) is 18.4. The molecule has 2 heterocycles. The van der Waals surface area contributed by atoms with Crippen LogP contribution in [0.2, 0.25) is 0 Å². The van der Waals surface area contributed by atoms with Crippen LogP contribution in [0, 0.1) is 0 Å². The quantitative estimate of drug-likeness (QED) is 0.606. The minimum Gasteiger partial charge on any atom is -0.497 e. The second-order valence-corrected chi connectivity index (χ2v) is 5.73. The van der Waals surface area contributed by atoms with Crippen molar-refractivity contribution >= 4 is 11.8 Å². The summed E-state index contributed by atoms with van der Waals surface area (Å²) in [5, 5.41) is 7.07. The summed E-state index contributed by atoms with van der Waals surface area (Å²) >= 11 is 0. The van der Waals surface area contributed by atoms with Crippen LogP contribution in [0.1, 0.15) is 17.8 Å². The van der Waals surface area contributed by atoms with Gasteiger partial charge in [0.2, 0.25) is 0 Å². The van der Waals surface area contributed by atoms with E-state index < -0.39 is 0 Å². The van der Waals surface area contributed by atoms with E-state index in [1.165, 1.54) is 7.11 Å². The van der Waals surface area contributed by atoms with Gasteiger partial charge in [-0.15, -0.1) is 0 Å². The standard InChI is InChI=1S/C19H20N4O4/c1-25-15-6-3-13(4-7-15)11-17-22-19(27-23-17)14-5-8-16(21-12-14)20-10-9-18(24)26-2/h3-8,12H,9-11H2,1-2H3,(H,20,21). The van der Waals surface area contributed by atoms with Gasteiger partial charge in [-0.25, -0.2) is 4.98 Å². The van der Waals surface area contributed by atoms with E-state index in [-0.39, 0.29) is 12.4 Å². The topological polar surface area (TPSA) is 99.4 Å². The van der Waals surface area contributed by atoms with Crippen LogP contribution in [0.25, 0.3) is 11.5 Å². The molecular weight excluding hydrogens is 348 g/mol. The summed E-state index contributed by atoms with van der Waals surface area (Å²) in [7, 11) is 3.00. The van der Waals surface area contributed by atoms with Crippen molar-refractivity contribution < 1.29 is 18.8 Å². The highest BCUT2D eigenvalue weighted by molar-refractivity contribution is 5.69. The number of methoxy groups -OCH3 is 2. The molecule has 3 aromatic rings. The summed E-state index contributed by atoms with van der Waals surface area (Å²) < 4.78 is 15.1. The molecule has 1 N–H and O–H groups in total. The SMILES string of the molecule is COC(=O)CCNc1ccc(-c2nc(Cc3ccc(OC)cc3)no2)cn1. The lowest BCUT2D eigenvalue weighted by Crippen LogP contribution is -2.10. The molecule has 0 aliphatic rings. The van der Waals surface area contributed by atoms with Crippen LogP contribution in [0.3, 0.4) is 0 Å². The van der Waals surface area contributed by atoms with Gasteiger partial charge in [-0.05, 0) is 29.8 Å². The molecule has 140 valence electrons. The Morgan fingerprint density at radius 1 is 1.15 bits per heavy atom. The number of anilines is 1. The van der Waals surface area contributed by atoms with Crippen molar-refractivity contribution in [3.63, 3.8) is 0 Å². The van der Waals surface area contributed by atoms with E-state index >= 15 is 0 Å². The van der Waals surface area contributed by atoms with Gasteiger partial charge in [-0.1, -0.05) is 17.3 Å². The molecular formula is C19H20N4O4. The number of hydrogen-bond acceptors (Lipinski definition) is 8. The second-order valence-electron chi connectivity index (χ2n) is 5.73. The third-order valence-corrected chi connectivity index (χ3v) is 3.86. The number of carbonyl (C=O) groups is 1. The zero-order valence-electron chi connectivity index (χ0n) is 15.1. The Hall–Kier alpha value is -3.42. The lowest BCUT2D eigenvalue weighted by atomic mass is 10.1. The summed E-state index contributed by atoms with van der Waals surface area (Å²) in [6.45, 7) is 0.450. The van der Waals surface area contributed by atoms with E-state index in [0.717, 1.165) is 16.9 Å². The lowest BCUT2D eigenvalue weighted by molar-refractivity contribution is -0.140. The number of carbonyl (C=O) groups excluding carboxylic acids is 1. The first-order chi connectivity index (χ1) is 13.2. The summed E-state index contributed by atoms with van der Waals surface area (Å²) in [6.07, 6.45) is 2.48. The molecule has 0 saturated heterocycles. The second kappa shape index (κ2) is 8.79. The van der Waals surface area contributed by atoms with E-state index in [1.807, 2.05) is 30.3 Å². The van der Waals surface area contributed by atoms with E-state index in [1.54, 1.807) is 19.4 Å². The van der Waals surface area contributed by atoms with Gasteiger partial charge in [0.1, 0.15) is 11.6 Å². The molecule has 0 fully saturated rings. The molecule has 0 unspecified atom stereocenters. The van der Waals surface area contributed by atoms with Gasteiger partial charge in [-0.3, -0.25) is 4.79 Å². The van der Waals surface area contributed by atoms with Gasteiger partial charge in [0, 0.05) is 19.2 Å². The van der Waals surface area contributed by atoms with Crippen LogP contribution in [-0.4, -0.2) is 41.9 Å². The third kappa shape index (κ3) is 5.04. The Morgan fingerprint density at radius 3 is 2.63 bits per heavy atom. The normalized spacial score (nSPS) is 10.4. The highest BCUT2D eigenvalue weighted by Gasteiger charge is 2.10. The molecule has 0 aliphatic carbocycles. The van der Waals surface area contributed by atoms with Crippen LogP contribution in [-0.2, 0) is 16.0 Å². The van der Waals surface area contributed by atoms with Crippen LogP contribution in [0.4, 0.5) is 5.82 Å². The highest BCUT2D eigenvalue weighted by atomic mass is 16.5. The zero-order valence-corrected chi connectivity index (χ0v) is 15.1. The fourth-order valence-corrected chi connectivity index (χ4v) is 2.39. The van der Waals surface area contributed by atoms with E-state index in [4.69, 9.17) is 9.26 Å². The molecule has 8 nitrogen and oxygen atoms in total. The smallest absolute Gasteiger partial charge is 0.307 e. The number of aromatic nitrogens is 3. The number of ether oxygens (including phenoxy) is 2. The van der Waals surface area contributed by atoms with Crippen molar-refractivity contribution in [2.75, 3.05) is 26.1 Å². The Bertz CT molecular complexity index is 875. The molecule has 0 atom stereocenters. The average Bonchev–Trinajstić information content (AvgIpc) is 3.17. The maximum absolute atomic E-state index is 11.1. The van der Waals surface area contributed by atoms with Crippen LogP contribution in [0.5, 0.6) is 5.75 Å². The molecule has 0 amide bonds. The van der Waals surface area contributed by atoms with E-state index in [2.05, 4.69) is 25.2 Å². The first-order valence-corrected chi connectivity index (χ1v) is 8.40. The van der Waals surface area contributed by atoms with Crippen molar-refractivity contribution in [1.29, 1.82) is 0 Å². The van der Waals surface area contributed by atoms with E-state index in [0.29, 0.717) is 30.5 Å². The summed E-state index contributed by atoms with van der Waals surface area (Å²) in [4.78, 5) is 19.8. The summed E-state index contributed by atoms with van der Waals surface area (Å²) in [6, 6.07) is 11.3. The molecule has 3 rings (SSSR count). The molecule has 0 bridgehead atoms. The van der Waals surface area contributed by atoms with Crippen molar-refractivity contribution in [1.82, 2.24) is 15.1 Å². The zero-order chi connectivity index (χ0) is 19.1. The van der Waals surface area contributed by atoms with E-state index in [9.17, 15) is 4.79 Å². The summed E-state index contributed by atoms with van der Waals surface area (Å²) in [5.41, 5.74) is 1.79. The fraction of sp³-hybridized carbons (Fsp3) is 0.263. The number of hydrogen-bond donors (Lipinski definition) is 1. The van der Waals surface area contributed by atoms with Crippen LogP contribution in [0.15, 0.2) is 47.1 Å². The van der Waals surface area contributed by atoms with Crippen molar-refractivity contribution in [2.45, 2.75) is 12.8 Å². The van der Waals surface area contributed by atoms with Crippen LogP contribution >= 0.6 is 0 Å². The molecule has 0 spiro atoms. The number of esters is 1. The Kier molecular flexibility index (Phi) is 5.98. The monoisotopic (exact) mass is 368 g/mol. The van der Waals surface area contributed by atoms with Gasteiger partial charge < -0.3 is 19.3 Å². The van der Waals surface area contributed by atoms with Crippen molar-refractivity contribution in [3.8, 4) is 17.2 Å². The maximum atomic E-state index is 11.1. The largest absolute Gasteiger partial charge is 0.497 e. The Balaban J connectivity index is 1.59. The van der Waals surface area contributed by atoms with Gasteiger partial charge in [-0.2, -0.15) is 4.98 Å². The molecule has 8 heteroatoms. The van der Waals surface area contributed by atoms with Gasteiger partial charge in [0.05, 0.1) is 26.2 Å². The van der Waals surface area contributed by atoms with Crippen molar-refractivity contribution in [2.24, 2.45) is 0 Å². The van der Waals surface area contributed by atoms with Gasteiger partial charge in [0.15, 0.2) is 5.82 Å². The number of nitrogens with zero attached hydrogens (tertiary/aromatic N) is 3. The molecule has 0 radical (unpaired) electrons. The van der Waals surface area contributed by atoms with Gasteiger partial charge >= 0.3 is 5.97 Å². The number of nitrogens with one attached hydrogen (secondary N) is 1. The maximum Gasteiger partial charge on any atom is 0.307 e. The lowest BCUT2D eigenvalue weighted by Gasteiger charge is -2.04. The Labute approximate surface area is 156 Å². The highest BCUT2D eigenvalue weighted by Crippen LogP contribution is 2.19.